The summed E-state index contributed by atoms with van der Waals surface area (Å²) < 4.78 is 0. The molecule has 0 aromatic carbocycles. The van der Waals surface area contributed by atoms with Crippen molar-refractivity contribution in [1.29, 1.82) is 0 Å². The fourth-order valence-electron chi connectivity index (χ4n) is 7.07. The van der Waals surface area contributed by atoms with E-state index in [0.717, 1.165) is 0 Å². The molecule has 0 aromatic heterocycles. The van der Waals surface area contributed by atoms with Crippen molar-refractivity contribution in [3.05, 3.63) is 0 Å². The minimum atomic E-state index is 0.551. The maximum absolute atomic E-state index is 2.73. The first kappa shape index (κ1) is 27.2. The van der Waals surface area contributed by atoms with E-state index in [9.17, 15) is 0 Å². The lowest BCUT2D eigenvalue weighted by Crippen LogP contribution is -2.38. The Morgan fingerprint density at radius 1 is 0.258 bits per heavy atom. The van der Waals surface area contributed by atoms with Crippen LogP contribution in [0.4, 0.5) is 0 Å². The maximum Gasteiger partial charge on any atom is -0.0272 e. The molecule has 2 saturated carbocycles. The summed E-state index contributed by atoms with van der Waals surface area (Å²) in [6.45, 7) is 15.5. The summed E-state index contributed by atoms with van der Waals surface area (Å²) in [6.07, 6.45) is 30.7. The van der Waals surface area contributed by atoms with Crippen molar-refractivity contribution in [3.63, 3.8) is 0 Å². The van der Waals surface area contributed by atoms with E-state index in [-0.39, 0.29) is 0 Å². The molecule has 0 nitrogen and oxygen atoms in total. The van der Waals surface area contributed by atoms with Gasteiger partial charge in [-0.05, 0) is 73.0 Å². The smallest absolute Gasteiger partial charge is 0.0272 e. The Bertz CT molecular complexity index is 486. The van der Waals surface area contributed by atoms with E-state index in [1.807, 2.05) is 0 Å². The van der Waals surface area contributed by atoms with Crippen LogP contribution in [0.5, 0.6) is 0 Å². The zero-order valence-corrected chi connectivity index (χ0v) is 22.8. The molecule has 31 heavy (non-hydrogen) atoms. The van der Waals surface area contributed by atoms with Crippen molar-refractivity contribution in [3.8, 4) is 0 Å². The number of hydrogen-bond donors (Lipinski definition) is 0. The van der Waals surface area contributed by atoms with Gasteiger partial charge in [-0.25, -0.2) is 0 Å². The van der Waals surface area contributed by atoms with E-state index < -0.39 is 0 Å². The summed E-state index contributed by atoms with van der Waals surface area (Å²) >= 11 is 0. The molecule has 0 heterocycles. The van der Waals surface area contributed by atoms with Crippen molar-refractivity contribution >= 4 is 0 Å². The first-order chi connectivity index (χ1) is 14.6. The molecule has 0 N–H and O–H groups in total. The van der Waals surface area contributed by atoms with Gasteiger partial charge in [-0.3, -0.25) is 0 Å². The van der Waals surface area contributed by atoms with Crippen LogP contribution in [0, 0.1) is 21.7 Å². The molecule has 2 fully saturated rings. The second kappa shape index (κ2) is 12.5. The fourth-order valence-corrected chi connectivity index (χ4v) is 7.07. The SMILES string of the molecule is CC1(C)CCCCCCC(C)(C2(C)CCCCCCC(C)(C)CCCC2)CCCCC1. The zero-order valence-electron chi connectivity index (χ0n) is 22.8. The van der Waals surface area contributed by atoms with Crippen molar-refractivity contribution in [2.24, 2.45) is 21.7 Å². The fraction of sp³-hybridized carbons (Fsp3) is 1.00. The molecule has 0 aliphatic heterocycles. The van der Waals surface area contributed by atoms with Crippen molar-refractivity contribution in [2.45, 2.75) is 176 Å². The van der Waals surface area contributed by atoms with Gasteiger partial charge in [0.05, 0.1) is 0 Å². The Labute approximate surface area is 198 Å². The van der Waals surface area contributed by atoms with E-state index in [4.69, 9.17) is 0 Å². The number of hydrogen-bond acceptors (Lipinski definition) is 0. The second-order valence-corrected chi connectivity index (χ2v) is 14.0. The molecule has 2 atom stereocenters. The molecule has 0 saturated heterocycles. The van der Waals surface area contributed by atoms with Crippen LogP contribution < -0.4 is 0 Å². The topological polar surface area (TPSA) is 0 Å². The maximum atomic E-state index is 2.73. The second-order valence-electron chi connectivity index (χ2n) is 14.0. The van der Waals surface area contributed by atoms with Crippen LogP contribution in [-0.2, 0) is 0 Å². The van der Waals surface area contributed by atoms with Gasteiger partial charge in [-0.15, -0.1) is 0 Å². The first-order valence-electron chi connectivity index (χ1n) is 14.6. The van der Waals surface area contributed by atoms with Gasteiger partial charge < -0.3 is 0 Å². The van der Waals surface area contributed by atoms with Crippen LogP contribution >= 0.6 is 0 Å². The highest BCUT2D eigenvalue weighted by Gasteiger charge is 2.42. The highest BCUT2D eigenvalue weighted by molar-refractivity contribution is 4.93. The molecule has 0 heteroatoms. The predicted octanol–water partition coefficient (Wildman–Crippen LogP) is 11.3. The monoisotopic (exact) mass is 432 g/mol. The van der Waals surface area contributed by atoms with Gasteiger partial charge in [-0.1, -0.05) is 125 Å². The van der Waals surface area contributed by atoms with Crippen LogP contribution in [0.25, 0.3) is 0 Å². The molecule has 2 aliphatic carbocycles. The number of rotatable bonds is 1. The minimum Gasteiger partial charge on any atom is -0.0599 e. The van der Waals surface area contributed by atoms with E-state index in [1.54, 1.807) is 0 Å². The summed E-state index contributed by atoms with van der Waals surface area (Å²) in [7, 11) is 0. The lowest BCUT2D eigenvalue weighted by atomic mass is 9.56. The predicted molar refractivity (Wildman–Crippen MR) is 141 cm³/mol. The van der Waals surface area contributed by atoms with Crippen LogP contribution in [0.2, 0.25) is 0 Å². The largest absolute Gasteiger partial charge is 0.0599 e. The lowest BCUT2D eigenvalue weighted by Gasteiger charge is -2.48. The molecule has 0 radical (unpaired) electrons. The highest BCUT2D eigenvalue weighted by Crippen LogP contribution is 2.53. The molecule has 2 rings (SSSR count). The van der Waals surface area contributed by atoms with E-state index in [2.05, 4.69) is 41.5 Å². The van der Waals surface area contributed by atoms with Crippen molar-refractivity contribution < 1.29 is 0 Å². The van der Waals surface area contributed by atoms with Gasteiger partial charge >= 0.3 is 0 Å². The Kier molecular flexibility index (Phi) is 11.0. The van der Waals surface area contributed by atoms with Gasteiger partial charge in [0.2, 0.25) is 0 Å². The Morgan fingerprint density at radius 2 is 0.452 bits per heavy atom. The zero-order chi connectivity index (χ0) is 22.8. The summed E-state index contributed by atoms with van der Waals surface area (Å²) in [6, 6.07) is 0. The highest BCUT2D eigenvalue weighted by atomic mass is 14.5. The van der Waals surface area contributed by atoms with Crippen LogP contribution in [0.15, 0.2) is 0 Å². The van der Waals surface area contributed by atoms with E-state index in [1.165, 1.54) is 135 Å². The summed E-state index contributed by atoms with van der Waals surface area (Å²) in [4.78, 5) is 0. The van der Waals surface area contributed by atoms with E-state index >= 15 is 0 Å². The van der Waals surface area contributed by atoms with E-state index in [0.29, 0.717) is 21.7 Å². The van der Waals surface area contributed by atoms with Crippen molar-refractivity contribution in [2.75, 3.05) is 0 Å². The lowest BCUT2D eigenvalue weighted by molar-refractivity contribution is 0.0196. The average molecular weight is 433 g/mol. The standard InChI is InChI=1S/C31H60/c1-28(2)20-12-7-9-15-24-30(5,26-17-11-14-22-28)31(6)25-16-10-8-13-21-29(3,4)23-18-19-27-31/h7-27H2,1-6H3. The molecule has 2 unspecified atom stereocenters. The minimum absolute atomic E-state index is 0.551. The van der Waals surface area contributed by atoms with Crippen LogP contribution in [-0.4, -0.2) is 0 Å². The molecule has 0 aromatic rings. The molecular formula is C31H60. The van der Waals surface area contributed by atoms with Gasteiger partial charge in [0.1, 0.15) is 0 Å². The van der Waals surface area contributed by atoms with Gasteiger partial charge in [0.15, 0.2) is 0 Å². The normalized spacial score (nSPS) is 35.4. The van der Waals surface area contributed by atoms with Crippen LogP contribution in [0.1, 0.15) is 176 Å². The third-order valence-electron chi connectivity index (χ3n) is 10.0. The first-order valence-corrected chi connectivity index (χ1v) is 14.6. The molecular weight excluding hydrogens is 372 g/mol. The van der Waals surface area contributed by atoms with Gasteiger partial charge in [0, 0.05) is 0 Å². The molecule has 2 aliphatic rings. The summed E-state index contributed by atoms with van der Waals surface area (Å²) in [5.74, 6) is 0. The van der Waals surface area contributed by atoms with Crippen molar-refractivity contribution in [1.82, 2.24) is 0 Å². The quantitative estimate of drug-likeness (QED) is 0.386. The van der Waals surface area contributed by atoms with Gasteiger partial charge in [-0.2, -0.15) is 0 Å². The Morgan fingerprint density at radius 3 is 0.774 bits per heavy atom. The Balaban J connectivity index is 2.07. The third kappa shape index (κ3) is 9.41. The Hall–Kier alpha value is 0. The molecule has 0 spiro atoms. The van der Waals surface area contributed by atoms with Gasteiger partial charge in [0.25, 0.3) is 0 Å². The molecule has 0 bridgehead atoms. The molecule has 184 valence electrons. The van der Waals surface area contributed by atoms with Crippen LogP contribution in [0.3, 0.4) is 0 Å². The average Bonchev–Trinajstić information content (AvgIpc) is 2.70. The summed E-state index contributed by atoms with van der Waals surface area (Å²) in [5, 5.41) is 0. The molecule has 0 amide bonds. The third-order valence-corrected chi connectivity index (χ3v) is 10.0. The summed E-state index contributed by atoms with van der Waals surface area (Å²) in [5.41, 5.74) is 2.25.